The molecule has 1 rings (SSSR count). The van der Waals surface area contributed by atoms with Crippen LogP contribution in [-0.2, 0) is 0 Å². The number of rotatable bonds is 6. The van der Waals surface area contributed by atoms with E-state index >= 15 is 0 Å². The number of allylic oxidation sites excluding steroid dienone is 1. The molecule has 0 spiro atoms. The third kappa shape index (κ3) is 1.89. The molecule has 1 N–H and O–H groups in total. The van der Waals surface area contributed by atoms with Crippen molar-refractivity contribution in [3.63, 3.8) is 0 Å². The van der Waals surface area contributed by atoms with Gasteiger partial charge in [0.15, 0.2) is 0 Å². The van der Waals surface area contributed by atoms with Gasteiger partial charge in [-0.05, 0) is 30.6 Å². The fraction of sp³-hybridized carbons (Fsp3) is 0.818. The van der Waals surface area contributed by atoms with E-state index in [9.17, 15) is 0 Å². The first-order valence-electron chi connectivity index (χ1n) is 5.01. The largest absolute Gasteiger partial charge is 0.396 e. The standard InChI is InChI=1S/C11H20O/c1-3-5-7-11(6-4-2)8-10(11)9-12/h4,10,12H,2-3,5-9H2,1H3/t10-,11-/m1/s1. The van der Waals surface area contributed by atoms with E-state index in [2.05, 4.69) is 13.5 Å². The van der Waals surface area contributed by atoms with Crippen molar-refractivity contribution in [2.75, 3.05) is 6.61 Å². The second kappa shape index (κ2) is 4.08. The van der Waals surface area contributed by atoms with Gasteiger partial charge in [0.05, 0.1) is 0 Å². The summed E-state index contributed by atoms with van der Waals surface area (Å²) in [6.45, 7) is 6.37. The summed E-state index contributed by atoms with van der Waals surface area (Å²) in [5.41, 5.74) is 0.451. The van der Waals surface area contributed by atoms with Crippen molar-refractivity contribution in [2.24, 2.45) is 11.3 Å². The van der Waals surface area contributed by atoms with Gasteiger partial charge in [-0.3, -0.25) is 0 Å². The molecule has 0 amide bonds. The topological polar surface area (TPSA) is 20.2 Å². The smallest absolute Gasteiger partial charge is 0.0464 e. The Kier molecular flexibility index (Phi) is 3.33. The summed E-state index contributed by atoms with van der Waals surface area (Å²) in [7, 11) is 0. The molecule has 12 heavy (non-hydrogen) atoms. The summed E-state index contributed by atoms with van der Waals surface area (Å²) in [5.74, 6) is 0.571. The maximum absolute atomic E-state index is 9.03. The summed E-state index contributed by atoms with van der Waals surface area (Å²) in [6, 6.07) is 0. The Morgan fingerprint density at radius 3 is 2.83 bits per heavy atom. The van der Waals surface area contributed by atoms with Crippen LogP contribution in [0.3, 0.4) is 0 Å². The maximum atomic E-state index is 9.03. The zero-order chi connectivity index (χ0) is 9.03. The fourth-order valence-electron chi connectivity index (χ4n) is 2.16. The quantitative estimate of drug-likeness (QED) is 0.605. The van der Waals surface area contributed by atoms with Crippen molar-refractivity contribution in [3.8, 4) is 0 Å². The lowest BCUT2D eigenvalue weighted by Gasteiger charge is -2.13. The van der Waals surface area contributed by atoms with Crippen LogP contribution in [0.25, 0.3) is 0 Å². The molecule has 0 heterocycles. The zero-order valence-electron chi connectivity index (χ0n) is 8.05. The molecule has 0 aromatic heterocycles. The Bertz CT molecular complexity index is 153. The number of hydrogen-bond acceptors (Lipinski definition) is 1. The summed E-state index contributed by atoms with van der Waals surface area (Å²) < 4.78 is 0. The minimum absolute atomic E-state index is 0.373. The van der Waals surface area contributed by atoms with Gasteiger partial charge in [-0.15, -0.1) is 6.58 Å². The molecular formula is C11H20O. The first-order chi connectivity index (χ1) is 5.79. The van der Waals surface area contributed by atoms with Gasteiger partial charge < -0.3 is 5.11 Å². The van der Waals surface area contributed by atoms with Crippen LogP contribution in [0.2, 0.25) is 0 Å². The Labute approximate surface area is 75.5 Å². The summed E-state index contributed by atoms with van der Waals surface area (Å²) in [5, 5.41) is 9.03. The average Bonchev–Trinajstić information content (AvgIpc) is 2.77. The SMILES string of the molecule is C=CC[C@@]1(CCCC)C[C@@H]1CO. The zero-order valence-corrected chi connectivity index (χ0v) is 8.05. The highest BCUT2D eigenvalue weighted by Crippen LogP contribution is 2.58. The fourth-order valence-corrected chi connectivity index (χ4v) is 2.16. The normalized spacial score (nSPS) is 33.3. The predicted octanol–water partition coefficient (Wildman–Crippen LogP) is 2.75. The second-order valence-corrected chi connectivity index (χ2v) is 4.04. The molecule has 0 aliphatic heterocycles. The molecule has 1 fully saturated rings. The summed E-state index contributed by atoms with van der Waals surface area (Å²) >= 11 is 0. The molecular weight excluding hydrogens is 148 g/mol. The van der Waals surface area contributed by atoms with Crippen LogP contribution < -0.4 is 0 Å². The molecule has 0 bridgehead atoms. The molecule has 0 aromatic carbocycles. The van der Waals surface area contributed by atoms with Gasteiger partial charge in [0, 0.05) is 6.61 Å². The first kappa shape index (κ1) is 9.79. The minimum atomic E-state index is 0.373. The molecule has 0 radical (unpaired) electrons. The second-order valence-electron chi connectivity index (χ2n) is 4.04. The van der Waals surface area contributed by atoms with Crippen molar-refractivity contribution in [1.29, 1.82) is 0 Å². The van der Waals surface area contributed by atoms with Crippen LogP contribution in [0.15, 0.2) is 12.7 Å². The van der Waals surface area contributed by atoms with Crippen LogP contribution in [0.4, 0.5) is 0 Å². The van der Waals surface area contributed by atoms with Crippen molar-refractivity contribution < 1.29 is 5.11 Å². The highest BCUT2D eigenvalue weighted by atomic mass is 16.3. The van der Waals surface area contributed by atoms with E-state index in [0.717, 1.165) is 6.42 Å². The first-order valence-corrected chi connectivity index (χ1v) is 5.01. The van der Waals surface area contributed by atoms with E-state index in [1.54, 1.807) is 0 Å². The third-order valence-electron chi connectivity index (χ3n) is 3.16. The van der Waals surface area contributed by atoms with Crippen LogP contribution in [0.1, 0.15) is 39.0 Å². The maximum Gasteiger partial charge on any atom is 0.0464 e. The lowest BCUT2D eigenvalue weighted by atomic mass is 9.92. The molecule has 0 aromatic rings. The Balaban J connectivity index is 2.35. The van der Waals surface area contributed by atoms with Crippen molar-refractivity contribution in [2.45, 2.75) is 39.0 Å². The van der Waals surface area contributed by atoms with E-state index < -0.39 is 0 Å². The molecule has 1 heteroatoms. The van der Waals surface area contributed by atoms with Gasteiger partial charge in [0.2, 0.25) is 0 Å². The summed E-state index contributed by atoms with van der Waals surface area (Å²) in [6.07, 6.45) is 8.15. The van der Waals surface area contributed by atoms with Gasteiger partial charge in [0.1, 0.15) is 0 Å². The summed E-state index contributed by atoms with van der Waals surface area (Å²) in [4.78, 5) is 0. The molecule has 70 valence electrons. The van der Waals surface area contributed by atoms with Gasteiger partial charge >= 0.3 is 0 Å². The predicted molar refractivity (Wildman–Crippen MR) is 52.0 cm³/mol. The molecule has 1 saturated carbocycles. The Morgan fingerprint density at radius 1 is 1.67 bits per heavy atom. The van der Waals surface area contributed by atoms with Crippen molar-refractivity contribution >= 4 is 0 Å². The minimum Gasteiger partial charge on any atom is -0.396 e. The highest BCUT2D eigenvalue weighted by molar-refractivity contribution is 5.04. The molecule has 0 saturated heterocycles. The lowest BCUT2D eigenvalue weighted by Crippen LogP contribution is -2.05. The molecule has 0 unspecified atom stereocenters. The molecule has 1 aliphatic carbocycles. The van der Waals surface area contributed by atoms with E-state index in [1.165, 1.54) is 25.7 Å². The monoisotopic (exact) mass is 168 g/mol. The van der Waals surface area contributed by atoms with Crippen LogP contribution in [-0.4, -0.2) is 11.7 Å². The van der Waals surface area contributed by atoms with Gasteiger partial charge in [-0.1, -0.05) is 25.8 Å². The van der Waals surface area contributed by atoms with Gasteiger partial charge in [-0.25, -0.2) is 0 Å². The molecule has 1 aliphatic rings. The Morgan fingerprint density at radius 2 is 2.42 bits per heavy atom. The van der Waals surface area contributed by atoms with E-state index in [4.69, 9.17) is 5.11 Å². The lowest BCUT2D eigenvalue weighted by molar-refractivity contribution is 0.242. The van der Waals surface area contributed by atoms with Gasteiger partial charge in [-0.2, -0.15) is 0 Å². The van der Waals surface area contributed by atoms with Crippen molar-refractivity contribution in [3.05, 3.63) is 12.7 Å². The van der Waals surface area contributed by atoms with Crippen LogP contribution >= 0.6 is 0 Å². The van der Waals surface area contributed by atoms with Crippen LogP contribution in [0.5, 0.6) is 0 Å². The number of unbranched alkanes of at least 4 members (excludes halogenated alkanes) is 1. The molecule has 1 nitrogen and oxygen atoms in total. The van der Waals surface area contributed by atoms with Gasteiger partial charge in [0.25, 0.3) is 0 Å². The third-order valence-corrected chi connectivity index (χ3v) is 3.16. The molecule has 2 atom stereocenters. The van der Waals surface area contributed by atoms with E-state index in [-0.39, 0.29) is 0 Å². The van der Waals surface area contributed by atoms with Crippen LogP contribution in [0, 0.1) is 11.3 Å². The van der Waals surface area contributed by atoms with E-state index in [1.807, 2.05) is 6.08 Å². The Hall–Kier alpha value is -0.300. The average molecular weight is 168 g/mol. The number of hydrogen-bond donors (Lipinski definition) is 1. The number of aliphatic hydroxyl groups is 1. The number of aliphatic hydroxyl groups excluding tert-OH is 1. The van der Waals surface area contributed by atoms with Crippen molar-refractivity contribution in [1.82, 2.24) is 0 Å². The highest BCUT2D eigenvalue weighted by Gasteiger charge is 2.51. The van der Waals surface area contributed by atoms with E-state index in [0.29, 0.717) is 17.9 Å².